The fraction of sp³-hybridized carbons (Fsp3) is 1.00. The molecule has 0 aromatic heterocycles. The first-order valence-corrected chi connectivity index (χ1v) is 4.43. The summed E-state index contributed by atoms with van der Waals surface area (Å²) in [5.74, 6) is 0. The van der Waals surface area contributed by atoms with Gasteiger partial charge in [-0.25, -0.2) is 0 Å². The Morgan fingerprint density at radius 3 is 1.83 bits per heavy atom. The fourth-order valence-electron chi connectivity index (χ4n) is 2.42. The zero-order valence-corrected chi connectivity index (χ0v) is 6.95. The van der Waals surface area contributed by atoms with E-state index in [4.69, 9.17) is 0 Å². The highest BCUT2D eigenvalue weighted by Gasteiger charge is 2.55. The van der Waals surface area contributed by atoms with Gasteiger partial charge in [0.05, 0.1) is 5.60 Å². The molecule has 3 fully saturated rings. The summed E-state index contributed by atoms with van der Waals surface area (Å²) >= 11 is 0. The van der Waals surface area contributed by atoms with E-state index in [-0.39, 0.29) is 4.92 Å². The molecule has 12 heavy (non-hydrogen) atoms. The number of hydrogen-bond donors (Lipinski definition) is 1. The van der Waals surface area contributed by atoms with Crippen LogP contribution in [0.4, 0.5) is 0 Å². The molecule has 0 atom stereocenters. The number of aliphatic hydroxyl groups is 1. The van der Waals surface area contributed by atoms with E-state index >= 15 is 0 Å². The van der Waals surface area contributed by atoms with Gasteiger partial charge in [0.15, 0.2) is 0 Å². The van der Waals surface area contributed by atoms with Crippen molar-refractivity contribution in [3.63, 3.8) is 0 Å². The topological polar surface area (TPSA) is 63.4 Å². The highest BCUT2D eigenvalue weighted by atomic mass is 16.6. The van der Waals surface area contributed by atoms with Gasteiger partial charge in [0, 0.05) is 24.2 Å². The summed E-state index contributed by atoms with van der Waals surface area (Å²) in [6, 6.07) is 0. The summed E-state index contributed by atoms with van der Waals surface area (Å²) in [5.41, 5.74) is -1.23. The Morgan fingerprint density at radius 2 is 1.50 bits per heavy atom. The normalized spacial score (nSPS) is 46.1. The Hall–Kier alpha value is -0.640. The van der Waals surface area contributed by atoms with E-state index in [1.54, 1.807) is 0 Å². The van der Waals surface area contributed by atoms with Crippen molar-refractivity contribution in [3.05, 3.63) is 10.1 Å². The van der Waals surface area contributed by atoms with E-state index in [1.165, 1.54) is 0 Å². The van der Waals surface area contributed by atoms with Gasteiger partial charge < -0.3 is 5.11 Å². The Balaban J connectivity index is 2.20. The SMILES string of the molecule is O=[N+]([O-])C12CCC(O)(CC1)CC2. The molecule has 0 saturated heterocycles. The van der Waals surface area contributed by atoms with Crippen molar-refractivity contribution in [3.8, 4) is 0 Å². The maximum Gasteiger partial charge on any atom is 0.222 e. The Morgan fingerprint density at radius 1 is 1.08 bits per heavy atom. The van der Waals surface area contributed by atoms with Crippen LogP contribution in [-0.2, 0) is 0 Å². The van der Waals surface area contributed by atoms with Gasteiger partial charge in [-0.15, -0.1) is 0 Å². The number of fused-ring (bicyclic) bond motifs is 3. The lowest BCUT2D eigenvalue weighted by Gasteiger charge is -2.45. The highest BCUT2D eigenvalue weighted by Crippen LogP contribution is 2.48. The van der Waals surface area contributed by atoms with Crippen molar-refractivity contribution >= 4 is 0 Å². The van der Waals surface area contributed by atoms with E-state index in [0.717, 1.165) is 0 Å². The van der Waals surface area contributed by atoms with Crippen molar-refractivity contribution in [1.29, 1.82) is 0 Å². The van der Waals surface area contributed by atoms with E-state index < -0.39 is 11.1 Å². The molecule has 2 bridgehead atoms. The minimum absolute atomic E-state index is 0.133. The van der Waals surface area contributed by atoms with E-state index in [0.29, 0.717) is 38.5 Å². The molecule has 3 aliphatic carbocycles. The lowest BCUT2D eigenvalue weighted by molar-refractivity contribution is -0.584. The minimum atomic E-state index is -0.676. The minimum Gasteiger partial charge on any atom is -0.390 e. The molecule has 0 heterocycles. The fourth-order valence-corrected chi connectivity index (χ4v) is 2.42. The number of nitrogens with zero attached hydrogens (tertiary/aromatic N) is 1. The molecule has 3 aliphatic rings. The summed E-state index contributed by atoms with van der Waals surface area (Å²) in [7, 11) is 0. The van der Waals surface area contributed by atoms with Crippen LogP contribution in [0.3, 0.4) is 0 Å². The van der Waals surface area contributed by atoms with Gasteiger partial charge in [0.1, 0.15) is 0 Å². The average Bonchev–Trinajstić information content (AvgIpc) is 2.06. The monoisotopic (exact) mass is 171 g/mol. The van der Waals surface area contributed by atoms with Gasteiger partial charge in [0.25, 0.3) is 0 Å². The maximum atomic E-state index is 10.8. The maximum absolute atomic E-state index is 10.8. The largest absolute Gasteiger partial charge is 0.390 e. The molecule has 0 unspecified atom stereocenters. The Bertz CT molecular complexity index is 202. The second-order valence-electron chi connectivity index (χ2n) is 4.21. The van der Waals surface area contributed by atoms with Crippen molar-refractivity contribution in [2.75, 3.05) is 0 Å². The zero-order valence-electron chi connectivity index (χ0n) is 6.95. The summed E-state index contributed by atoms with van der Waals surface area (Å²) < 4.78 is 0. The molecule has 0 spiro atoms. The lowest BCUT2D eigenvalue weighted by Crippen LogP contribution is -2.53. The first-order chi connectivity index (χ1) is 5.56. The predicted octanol–water partition coefficient (Wildman–Crippen LogP) is 1.10. The van der Waals surface area contributed by atoms with Crippen LogP contribution in [0.2, 0.25) is 0 Å². The molecule has 4 nitrogen and oxygen atoms in total. The first kappa shape index (κ1) is 7.98. The summed E-state index contributed by atoms with van der Waals surface area (Å²) in [4.78, 5) is 10.6. The summed E-state index contributed by atoms with van der Waals surface area (Å²) in [6.45, 7) is 0. The van der Waals surface area contributed by atoms with Crippen molar-refractivity contribution in [2.45, 2.75) is 49.7 Å². The van der Waals surface area contributed by atoms with Crippen molar-refractivity contribution < 1.29 is 10.0 Å². The summed E-state index contributed by atoms with van der Waals surface area (Å²) in [5, 5.41) is 20.6. The molecular weight excluding hydrogens is 158 g/mol. The van der Waals surface area contributed by atoms with Gasteiger partial charge in [-0.1, -0.05) is 0 Å². The van der Waals surface area contributed by atoms with Crippen LogP contribution >= 0.6 is 0 Å². The van der Waals surface area contributed by atoms with Gasteiger partial charge in [0.2, 0.25) is 5.54 Å². The second kappa shape index (κ2) is 2.19. The summed E-state index contributed by atoms with van der Waals surface area (Å²) in [6.07, 6.45) is 3.56. The van der Waals surface area contributed by atoms with Crippen LogP contribution in [0.15, 0.2) is 0 Å². The van der Waals surface area contributed by atoms with Crippen LogP contribution < -0.4 is 0 Å². The van der Waals surface area contributed by atoms with Gasteiger partial charge >= 0.3 is 0 Å². The Labute approximate surface area is 70.7 Å². The quantitative estimate of drug-likeness (QED) is 0.474. The standard InChI is InChI=1S/C8H13NO3/c10-8-4-1-7(2-5-8,3-6-8)9(11)12/h10H,1-6H2. The number of nitro groups is 1. The van der Waals surface area contributed by atoms with Gasteiger partial charge in [-0.3, -0.25) is 10.1 Å². The van der Waals surface area contributed by atoms with Gasteiger partial charge in [-0.05, 0) is 19.3 Å². The van der Waals surface area contributed by atoms with E-state index in [9.17, 15) is 15.2 Å². The Kier molecular flexibility index (Phi) is 1.46. The molecule has 0 amide bonds. The van der Waals surface area contributed by atoms with Crippen LogP contribution in [0.25, 0.3) is 0 Å². The average molecular weight is 171 g/mol. The van der Waals surface area contributed by atoms with Crippen LogP contribution in [-0.4, -0.2) is 21.2 Å². The molecule has 0 aromatic rings. The molecule has 1 N–H and O–H groups in total. The first-order valence-electron chi connectivity index (χ1n) is 4.43. The third kappa shape index (κ3) is 0.941. The van der Waals surface area contributed by atoms with Gasteiger partial charge in [-0.2, -0.15) is 0 Å². The van der Waals surface area contributed by atoms with Crippen molar-refractivity contribution in [1.82, 2.24) is 0 Å². The van der Waals surface area contributed by atoms with Crippen LogP contribution in [0, 0.1) is 10.1 Å². The smallest absolute Gasteiger partial charge is 0.222 e. The van der Waals surface area contributed by atoms with Crippen LogP contribution in [0.5, 0.6) is 0 Å². The number of rotatable bonds is 1. The molecule has 0 radical (unpaired) electrons. The molecule has 3 saturated carbocycles. The third-order valence-electron chi connectivity index (χ3n) is 3.55. The highest BCUT2D eigenvalue weighted by molar-refractivity contribution is 5.00. The predicted molar refractivity (Wildman–Crippen MR) is 42.4 cm³/mol. The van der Waals surface area contributed by atoms with Crippen LogP contribution in [0.1, 0.15) is 38.5 Å². The molecule has 0 aliphatic heterocycles. The molecule has 4 heteroatoms. The molecular formula is C8H13NO3. The van der Waals surface area contributed by atoms with E-state index in [2.05, 4.69) is 0 Å². The molecule has 3 rings (SSSR count). The molecule has 0 aromatic carbocycles. The van der Waals surface area contributed by atoms with Crippen molar-refractivity contribution in [2.24, 2.45) is 0 Å². The third-order valence-corrected chi connectivity index (χ3v) is 3.55. The van der Waals surface area contributed by atoms with E-state index in [1.807, 2.05) is 0 Å². The zero-order chi connectivity index (χ0) is 8.82. The lowest BCUT2D eigenvalue weighted by atomic mass is 9.63. The number of hydrogen-bond acceptors (Lipinski definition) is 3. The second-order valence-corrected chi connectivity index (χ2v) is 4.21. The molecule has 68 valence electrons.